The quantitative estimate of drug-likeness (QED) is 0.342. The molecule has 0 spiro atoms. The van der Waals surface area contributed by atoms with Crippen LogP contribution in [-0.2, 0) is 11.2 Å². The molecule has 0 saturated carbocycles. The van der Waals surface area contributed by atoms with E-state index in [0.717, 1.165) is 5.56 Å². The molecule has 0 aromatic heterocycles. The van der Waals surface area contributed by atoms with Gasteiger partial charge in [-0.15, -0.1) is 5.16 Å². The summed E-state index contributed by atoms with van der Waals surface area (Å²) in [7, 11) is 1.34. The van der Waals surface area contributed by atoms with Crippen LogP contribution in [0.25, 0.3) is 0 Å². The SMILES string of the molecule is COC(=O)c1ccc(C/C=N/O)cc1. The van der Waals surface area contributed by atoms with Gasteiger partial charge in [-0.1, -0.05) is 12.1 Å². The van der Waals surface area contributed by atoms with E-state index in [4.69, 9.17) is 5.21 Å². The molecule has 0 atom stereocenters. The van der Waals surface area contributed by atoms with E-state index in [0.29, 0.717) is 12.0 Å². The van der Waals surface area contributed by atoms with Gasteiger partial charge in [0.15, 0.2) is 0 Å². The molecule has 0 bridgehead atoms. The van der Waals surface area contributed by atoms with Crippen LogP contribution in [0.3, 0.4) is 0 Å². The third-order valence-corrected chi connectivity index (χ3v) is 1.78. The van der Waals surface area contributed by atoms with Gasteiger partial charge in [0.05, 0.1) is 12.7 Å². The van der Waals surface area contributed by atoms with Crippen LogP contribution in [0.5, 0.6) is 0 Å². The van der Waals surface area contributed by atoms with Crippen LogP contribution < -0.4 is 0 Å². The average molecular weight is 193 g/mol. The van der Waals surface area contributed by atoms with E-state index in [-0.39, 0.29) is 5.97 Å². The Kier molecular flexibility index (Phi) is 3.67. The highest BCUT2D eigenvalue weighted by molar-refractivity contribution is 5.89. The van der Waals surface area contributed by atoms with Crippen LogP contribution in [0, 0.1) is 0 Å². The zero-order valence-corrected chi connectivity index (χ0v) is 7.80. The van der Waals surface area contributed by atoms with Crippen LogP contribution in [-0.4, -0.2) is 24.5 Å². The van der Waals surface area contributed by atoms with Gasteiger partial charge in [-0.25, -0.2) is 4.79 Å². The lowest BCUT2D eigenvalue weighted by molar-refractivity contribution is 0.0600. The second kappa shape index (κ2) is 5.01. The van der Waals surface area contributed by atoms with Crippen LogP contribution in [0.4, 0.5) is 0 Å². The summed E-state index contributed by atoms with van der Waals surface area (Å²) >= 11 is 0. The summed E-state index contributed by atoms with van der Waals surface area (Å²) in [4.78, 5) is 11.1. The number of carbonyl (C=O) groups excluding carboxylic acids is 1. The number of methoxy groups -OCH3 is 1. The molecule has 0 radical (unpaired) electrons. The van der Waals surface area contributed by atoms with Gasteiger partial charge in [0, 0.05) is 12.6 Å². The van der Waals surface area contributed by atoms with Gasteiger partial charge in [0.25, 0.3) is 0 Å². The van der Waals surface area contributed by atoms with Crippen molar-refractivity contribution in [1.29, 1.82) is 0 Å². The van der Waals surface area contributed by atoms with E-state index < -0.39 is 0 Å². The van der Waals surface area contributed by atoms with Crippen molar-refractivity contribution in [2.75, 3.05) is 7.11 Å². The average Bonchev–Trinajstić information content (AvgIpc) is 2.26. The maximum Gasteiger partial charge on any atom is 0.337 e. The van der Waals surface area contributed by atoms with Gasteiger partial charge in [-0.3, -0.25) is 0 Å². The van der Waals surface area contributed by atoms with Gasteiger partial charge < -0.3 is 9.94 Å². The van der Waals surface area contributed by atoms with Crippen LogP contribution >= 0.6 is 0 Å². The lowest BCUT2D eigenvalue weighted by Gasteiger charge is -1.99. The lowest BCUT2D eigenvalue weighted by Crippen LogP contribution is -2.00. The number of oxime groups is 1. The van der Waals surface area contributed by atoms with Crippen LogP contribution in [0.2, 0.25) is 0 Å². The fourth-order valence-electron chi connectivity index (χ4n) is 1.04. The summed E-state index contributed by atoms with van der Waals surface area (Å²) in [6, 6.07) is 6.92. The Morgan fingerprint density at radius 2 is 2.14 bits per heavy atom. The minimum absolute atomic E-state index is 0.354. The number of benzene rings is 1. The predicted octanol–water partition coefficient (Wildman–Crippen LogP) is 1.48. The largest absolute Gasteiger partial charge is 0.465 e. The Bertz CT molecular complexity index is 330. The maximum atomic E-state index is 11.1. The fraction of sp³-hybridized carbons (Fsp3) is 0.200. The molecule has 0 aliphatic carbocycles. The standard InChI is InChI=1S/C10H11NO3/c1-14-10(12)9-4-2-8(3-5-9)6-7-11-13/h2-5,7,13H,6H2,1H3/b11-7+. The smallest absolute Gasteiger partial charge is 0.337 e. The fourth-order valence-corrected chi connectivity index (χ4v) is 1.04. The summed E-state index contributed by atoms with van der Waals surface area (Å²) < 4.78 is 4.55. The van der Waals surface area contributed by atoms with Crippen molar-refractivity contribution in [3.63, 3.8) is 0 Å². The highest BCUT2D eigenvalue weighted by Crippen LogP contribution is 2.05. The topological polar surface area (TPSA) is 58.9 Å². The molecule has 0 amide bonds. The summed E-state index contributed by atoms with van der Waals surface area (Å²) in [5, 5.41) is 11.1. The Morgan fingerprint density at radius 3 is 2.64 bits per heavy atom. The molecule has 0 unspecified atom stereocenters. The Labute approximate surface area is 81.8 Å². The highest BCUT2D eigenvalue weighted by atomic mass is 16.5. The first-order chi connectivity index (χ1) is 6.77. The maximum absolute atomic E-state index is 11.1. The van der Waals surface area contributed by atoms with Crippen molar-refractivity contribution in [3.8, 4) is 0 Å². The van der Waals surface area contributed by atoms with Crippen molar-refractivity contribution < 1.29 is 14.7 Å². The molecule has 1 N–H and O–H groups in total. The molecular weight excluding hydrogens is 182 g/mol. The Morgan fingerprint density at radius 1 is 1.50 bits per heavy atom. The number of nitrogens with zero attached hydrogens (tertiary/aromatic N) is 1. The molecule has 0 fully saturated rings. The summed E-state index contributed by atoms with van der Waals surface area (Å²) in [5.41, 5.74) is 1.48. The molecule has 0 heterocycles. The van der Waals surface area contributed by atoms with Gasteiger partial charge in [-0.2, -0.15) is 0 Å². The van der Waals surface area contributed by atoms with E-state index in [1.807, 2.05) is 0 Å². The first kappa shape index (κ1) is 10.2. The molecule has 1 rings (SSSR count). The molecule has 1 aromatic rings. The molecule has 0 saturated heterocycles. The minimum Gasteiger partial charge on any atom is -0.465 e. The van der Waals surface area contributed by atoms with Crippen molar-refractivity contribution in [1.82, 2.24) is 0 Å². The normalized spacial score (nSPS) is 10.4. The number of ether oxygens (including phenoxy) is 1. The monoisotopic (exact) mass is 193 g/mol. The second-order valence-electron chi connectivity index (χ2n) is 2.69. The zero-order chi connectivity index (χ0) is 10.4. The van der Waals surface area contributed by atoms with Crippen LogP contribution in [0.15, 0.2) is 29.4 Å². The Balaban J connectivity index is 2.73. The second-order valence-corrected chi connectivity index (χ2v) is 2.69. The number of esters is 1. The predicted molar refractivity (Wildman–Crippen MR) is 51.8 cm³/mol. The number of hydrogen-bond acceptors (Lipinski definition) is 4. The van der Waals surface area contributed by atoms with Gasteiger partial charge in [-0.05, 0) is 17.7 Å². The lowest BCUT2D eigenvalue weighted by atomic mass is 10.1. The zero-order valence-electron chi connectivity index (χ0n) is 7.80. The summed E-state index contributed by atoms with van der Waals surface area (Å²) in [5.74, 6) is -0.354. The van der Waals surface area contributed by atoms with E-state index in [9.17, 15) is 4.79 Å². The van der Waals surface area contributed by atoms with Crippen molar-refractivity contribution >= 4 is 12.2 Å². The molecule has 0 aliphatic rings. The van der Waals surface area contributed by atoms with Crippen molar-refractivity contribution in [3.05, 3.63) is 35.4 Å². The van der Waals surface area contributed by atoms with Gasteiger partial charge in [0.2, 0.25) is 0 Å². The number of carbonyl (C=O) groups is 1. The van der Waals surface area contributed by atoms with Gasteiger partial charge in [0.1, 0.15) is 0 Å². The third kappa shape index (κ3) is 2.58. The van der Waals surface area contributed by atoms with E-state index in [1.165, 1.54) is 13.3 Å². The van der Waals surface area contributed by atoms with Crippen molar-refractivity contribution in [2.24, 2.45) is 5.16 Å². The first-order valence-electron chi connectivity index (χ1n) is 4.11. The highest BCUT2D eigenvalue weighted by Gasteiger charge is 2.03. The summed E-state index contributed by atoms with van der Waals surface area (Å²) in [6.45, 7) is 0. The number of rotatable bonds is 3. The summed E-state index contributed by atoms with van der Waals surface area (Å²) in [6.07, 6.45) is 1.92. The molecule has 1 aromatic carbocycles. The molecule has 14 heavy (non-hydrogen) atoms. The third-order valence-electron chi connectivity index (χ3n) is 1.78. The Hall–Kier alpha value is -1.84. The molecular formula is C10H11NO3. The molecule has 74 valence electrons. The van der Waals surface area contributed by atoms with E-state index >= 15 is 0 Å². The molecule has 4 nitrogen and oxygen atoms in total. The van der Waals surface area contributed by atoms with Crippen LogP contribution in [0.1, 0.15) is 15.9 Å². The first-order valence-corrected chi connectivity index (χ1v) is 4.11. The van der Waals surface area contributed by atoms with Gasteiger partial charge >= 0.3 is 5.97 Å². The minimum atomic E-state index is -0.354. The molecule has 4 heteroatoms. The number of hydrogen-bond donors (Lipinski definition) is 1. The van der Waals surface area contributed by atoms with E-state index in [2.05, 4.69) is 9.89 Å². The van der Waals surface area contributed by atoms with E-state index in [1.54, 1.807) is 24.3 Å². The molecule has 0 aliphatic heterocycles. The van der Waals surface area contributed by atoms with Crippen molar-refractivity contribution in [2.45, 2.75) is 6.42 Å².